The fourth-order valence-electron chi connectivity index (χ4n) is 3.21. The van der Waals surface area contributed by atoms with E-state index >= 15 is 0 Å². The van der Waals surface area contributed by atoms with Crippen LogP contribution < -0.4 is 24.4 Å². The maximum absolute atomic E-state index is 12.9. The zero-order chi connectivity index (χ0) is 22.5. The lowest BCUT2D eigenvalue weighted by Crippen LogP contribution is -2.10. The molecule has 0 aliphatic heterocycles. The van der Waals surface area contributed by atoms with Crippen molar-refractivity contribution in [3.05, 3.63) is 57.4 Å². The summed E-state index contributed by atoms with van der Waals surface area (Å²) in [5.74, 6) is 1.37. The molecule has 0 radical (unpaired) electrons. The number of hydrogen-bond donors (Lipinski definition) is 0. The predicted octanol–water partition coefficient (Wildman–Crippen LogP) is 3.75. The molecule has 31 heavy (non-hydrogen) atoms. The van der Waals surface area contributed by atoms with Gasteiger partial charge in [-0.15, -0.1) is 0 Å². The van der Waals surface area contributed by atoms with Crippen molar-refractivity contribution >= 4 is 16.9 Å². The molecule has 0 saturated carbocycles. The first-order valence-corrected chi connectivity index (χ1v) is 9.57. The highest BCUT2D eigenvalue weighted by Gasteiger charge is 2.21. The van der Waals surface area contributed by atoms with Gasteiger partial charge in [0, 0.05) is 24.6 Å². The zero-order valence-electron chi connectivity index (χ0n) is 18.1. The largest absolute Gasteiger partial charge is 0.496 e. The van der Waals surface area contributed by atoms with Gasteiger partial charge in [0.1, 0.15) is 35.0 Å². The summed E-state index contributed by atoms with van der Waals surface area (Å²) in [6.07, 6.45) is 0.546. The normalized spacial score (nSPS) is 10.6. The number of ether oxygens (including phenoxy) is 5. The van der Waals surface area contributed by atoms with Gasteiger partial charge in [-0.05, 0) is 12.1 Å². The minimum absolute atomic E-state index is 0.162. The van der Waals surface area contributed by atoms with Crippen LogP contribution in [-0.4, -0.2) is 34.4 Å². The Balaban J connectivity index is 2.00. The van der Waals surface area contributed by atoms with Crippen molar-refractivity contribution in [2.24, 2.45) is 0 Å². The van der Waals surface area contributed by atoms with E-state index < -0.39 is 5.97 Å². The molecule has 0 N–H and O–H groups in total. The standard InChI is InChI=1S/C23H24O8/c1-6-13-9-17(24)14-7-8-18(26-2)16(22(14)31-13)12-30-23(25)15-10-20(28-4)21(29-5)11-19(15)27-3/h7-11H,6,12H2,1-5H3. The third kappa shape index (κ3) is 4.28. The van der Waals surface area contributed by atoms with Gasteiger partial charge in [0.25, 0.3) is 0 Å². The first-order valence-electron chi connectivity index (χ1n) is 9.57. The summed E-state index contributed by atoms with van der Waals surface area (Å²) < 4.78 is 32.6. The van der Waals surface area contributed by atoms with E-state index in [1.165, 1.54) is 40.6 Å². The average molecular weight is 428 g/mol. The average Bonchev–Trinajstić information content (AvgIpc) is 2.80. The fourth-order valence-corrected chi connectivity index (χ4v) is 3.21. The quantitative estimate of drug-likeness (QED) is 0.501. The van der Waals surface area contributed by atoms with E-state index in [-0.39, 0.29) is 23.3 Å². The van der Waals surface area contributed by atoms with E-state index in [1.54, 1.807) is 18.2 Å². The molecule has 0 unspecified atom stereocenters. The number of aryl methyl sites for hydroxylation is 1. The monoisotopic (exact) mass is 428 g/mol. The summed E-state index contributed by atoms with van der Waals surface area (Å²) in [5.41, 5.74) is 0.779. The second kappa shape index (κ2) is 9.42. The molecule has 0 atom stereocenters. The molecular weight excluding hydrogens is 404 g/mol. The number of carbonyl (C=O) groups is 1. The van der Waals surface area contributed by atoms with Gasteiger partial charge in [0.2, 0.25) is 0 Å². The van der Waals surface area contributed by atoms with Crippen LogP contribution in [0.2, 0.25) is 0 Å². The first kappa shape index (κ1) is 22.0. The zero-order valence-corrected chi connectivity index (χ0v) is 18.1. The molecule has 0 bridgehead atoms. The Labute approximate surface area is 179 Å². The van der Waals surface area contributed by atoms with Gasteiger partial charge >= 0.3 is 5.97 Å². The van der Waals surface area contributed by atoms with E-state index in [1.807, 2.05) is 6.92 Å². The molecule has 1 heterocycles. The predicted molar refractivity (Wildman–Crippen MR) is 114 cm³/mol. The van der Waals surface area contributed by atoms with Crippen LogP contribution in [-0.2, 0) is 17.8 Å². The summed E-state index contributed by atoms with van der Waals surface area (Å²) in [6.45, 7) is 1.71. The van der Waals surface area contributed by atoms with Crippen molar-refractivity contribution in [1.82, 2.24) is 0 Å². The molecule has 0 aliphatic carbocycles. The lowest BCUT2D eigenvalue weighted by Gasteiger charge is -2.15. The van der Waals surface area contributed by atoms with Gasteiger partial charge in [-0.2, -0.15) is 0 Å². The second-order valence-electron chi connectivity index (χ2n) is 6.54. The Morgan fingerprint density at radius 3 is 2.13 bits per heavy atom. The number of hydrogen-bond acceptors (Lipinski definition) is 8. The fraction of sp³-hybridized carbons (Fsp3) is 0.304. The molecule has 164 valence electrons. The number of carbonyl (C=O) groups excluding carboxylic acids is 1. The summed E-state index contributed by atoms with van der Waals surface area (Å²) >= 11 is 0. The van der Waals surface area contributed by atoms with Gasteiger partial charge in [0.15, 0.2) is 16.9 Å². The van der Waals surface area contributed by atoms with Gasteiger partial charge in [0.05, 0.1) is 39.4 Å². The molecule has 8 heteroatoms. The van der Waals surface area contributed by atoms with Crippen LogP contribution in [0.5, 0.6) is 23.0 Å². The molecule has 0 spiro atoms. The van der Waals surface area contributed by atoms with Crippen molar-refractivity contribution in [3.8, 4) is 23.0 Å². The smallest absolute Gasteiger partial charge is 0.342 e. The molecule has 0 amide bonds. The molecule has 2 aromatic carbocycles. The Bertz CT molecular complexity index is 1160. The lowest BCUT2D eigenvalue weighted by atomic mass is 10.1. The van der Waals surface area contributed by atoms with Gasteiger partial charge in [-0.3, -0.25) is 4.79 Å². The van der Waals surface area contributed by atoms with Crippen LogP contribution in [0.15, 0.2) is 39.5 Å². The summed E-state index contributed by atoms with van der Waals surface area (Å²) in [4.78, 5) is 25.3. The van der Waals surface area contributed by atoms with Gasteiger partial charge < -0.3 is 28.1 Å². The highest BCUT2D eigenvalue weighted by Crippen LogP contribution is 2.35. The second-order valence-corrected chi connectivity index (χ2v) is 6.54. The van der Waals surface area contributed by atoms with Crippen LogP contribution >= 0.6 is 0 Å². The first-order chi connectivity index (χ1) is 15.0. The number of benzene rings is 2. The van der Waals surface area contributed by atoms with Crippen LogP contribution in [0.1, 0.15) is 28.6 Å². The minimum Gasteiger partial charge on any atom is -0.496 e. The number of methoxy groups -OCH3 is 4. The van der Waals surface area contributed by atoms with E-state index in [9.17, 15) is 9.59 Å². The Hall–Kier alpha value is -3.68. The molecule has 0 saturated heterocycles. The van der Waals surface area contributed by atoms with Crippen LogP contribution in [0, 0.1) is 0 Å². The molecule has 1 aromatic heterocycles. The topological polar surface area (TPSA) is 93.4 Å². The van der Waals surface area contributed by atoms with Crippen molar-refractivity contribution in [2.75, 3.05) is 28.4 Å². The van der Waals surface area contributed by atoms with E-state index in [4.69, 9.17) is 28.1 Å². The maximum atomic E-state index is 12.9. The van der Waals surface area contributed by atoms with E-state index in [2.05, 4.69) is 0 Å². The van der Waals surface area contributed by atoms with Gasteiger partial charge in [-0.25, -0.2) is 4.79 Å². The molecular formula is C23H24O8. The van der Waals surface area contributed by atoms with Gasteiger partial charge in [-0.1, -0.05) is 6.92 Å². The number of esters is 1. The molecule has 0 fully saturated rings. The highest BCUT2D eigenvalue weighted by atomic mass is 16.5. The van der Waals surface area contributed by atoms with Crippen LogP contribution in [0.4, 0.5) is 0 Å². The molecule has 8 nitrogen and oxygen atoms in total. The van der Waals surface area contributed by atoms with Crippen molar-refractivity contribution in [1.29, 1.82) is 0 Å². The number of rotatable bonds is 8. The maximum Gasteiger partial charge on any atom is 0.342 e. The summed E-state index contributed by atoms with van der Waals surface area (Å²) in [7, 11) is 5.88. The van der Waals surface area contributed by atoms with Crippen molar-refractivity contribution in [2.45, 2.75) is 20.0 Å². The Morgan fingerprint density at radius 2 is 1.52 bits per heavy atom. The third-order valence-electron chi connectivity index (χ3n) is 4.85. The third-order valence-corrected chi connectivity index (χ3v) is 4.85. The van der Waals surface area contributed by atoms with E-state index in [0.717, 1.165) is 0 Å². The molecule has 3 rings (SSSR count). The Morgan fingerprint density at radius 1 is 0.871 bits per heavy atom. The molecule has 3 aromatic rings. The Kier molecular flexibility index (Phi) is 6.69. The van der Waals surface area contributed by atoms with Crippen molar-refractivity contribution < 1.29 is 32.9 Å². The SMILES string of the molecule is CCc1cc(=O)c2ccc(OC)c(COC(=O)c3cc(OC)c(OC)cc3OC)c2o1. The molecule has 0 aliphatic rings. The minimum atomic E-state index is -0.647. The summed E-state index contributed by atoms with van der Waals surface area (Å²) in [6, 6.07) is 7.75. The van der Waals surface area contributed by atoms with Crippen LogP contribution in [0.3, 0.4) is 0 Å². The summed E-state index contributed by atoms with van der Waals surface area (Å²) in [5, 5.41) is 0.382. The lowest BCUT2D eigenvalue weighted by molar-refractivity contribution is 0.0466. The van der Waals surface area contributed by atoms with Crippen LogP contribution in [0.25, 0.3) is 11.0 Å². The highest BCUT2D eigenvalue weighted by molar-refractivity contribution is 5.94. The van der Waals surface area contributed by atoms with E-state index in [0.29, 0.717) is 46.0 Å². The van der Waals surface area contributed by atoms with Crippen molar-refractivity contribution in [3.63, 3.8) is 0 Å². The number of fused-ring (bicyclic) bond motifs is 1.